The SMILES string of the molecule is FC(F)c1cn2c(n1)CNCC2. The molecule has 0 aromatic carbocycles. The highest BCUT2D eigenvalue weighted by atomic mass is 19.3. The summed E-state index contributed by atoms with van der Waals surface area (Å²) in [6, 6.07) is 0. The Labute approximate surface area is 68.4 Å². The van der Waals surface area contributed by atoms with Gasteiger partial charge in [-0.2, -0.15) is 0 Å². The second-order valence-corrected chi connectivity index (χ2v) is 2.75. The highest BCUT2D eigenvalue weighted by Crippen LogP contribution is 2.18. The van der Waals surface area contributed by atoms with E-state index >= 15 is 0 Å². The van der Waals surface area contributed by atoms with Gasteiger partial charge in [0.2, 0.25) is 0 Å². The third kappa shape index (κ3) is 1.20. The quantitative estimate of drug-likeness (QED) is 0.684. The van der Waals surface area contributed by atoms with Crippen LogP contribution in [0.2, 0.25) is 0 Å². The molecule has 1 aromatic rings. The van der Waals surface area contributed by atoms with Gasteiger partial charge in [0.05, 0.1) is 6.54 Å². The second kappa shape index (κ2) is 2.82. The fourth-order valence-electron chi connectivity index (χ4n) is 1.32. The number of imidazole rings is 1. The maximum atomic E-state index is 12.2. The van der Waals surface area contributed by atoms with Crippen LogP contribution < -0.4 is 5.32 Å². The van der Waals surface area contributed by atoms with Gasteiger partial charge in [-0.25, -0.2) is 13.8 Å². The number of fused-ring (bicyclic) bond motifs is 1. The lowest BCUT2D eigenvalue weighted by Crippen LogP contribution is -2.27. The number of rotatable bonds is 1. The van der Waals surface area contributed by atoms with Crippen LogP contribution in [0.25, 0.3) is 0 Å². The first-order chi connectivity index (χ1) is 5.77. The Morgan fingerprint density at radius 1 is 1.58 bits per heavy atom. The summed E-state index contributed by atoms with van der Waals surface area (Å²) in [5.74, 6) is 0.705. The Bertz CT molecular complexity index is 259. The molecule has 1 aliphatic rings. The Morgan fingerprint density at radius 2 is 2.42 bits per heavy atom. The first-order valence-corrected chi connectivity index (χ1v) is 3.82. The summed E-state index contributed by atoms with van der Waals surface area (Å²) in [6.45, 7) is 2.15. The van der Waals surface area contributed by atoms with E-state index in [-0.39, 0.29) is 5.69 Å². The van der Waals surface area contributed by atoms with E-state index in [0.717, 1.165) is 13.1 Å². The minimum absolute atomic E-state index is 0.117. The average Bonchev–Trinajstić information content (AvgIpc) is 2.46. The predicted octanol–water partition coefficient (Wildman–Crippen LogP) is 0.924. The second-order valence-electron chi connectivity index (χ2n) is 2.75. The van der Waals surface area contributed by atoms with E-state index in [2.05, 4.69) is 10.3 Å². The molecular weight excluding hydrogens is 164 g/mol. The van der Waals surface area contributed by atoms with Gasteiger partial charge in [-0.3, -0.25) is 0 Å². The molecule has 0 bridgehead atoms. The number of hydrogen-bond acceptors (Lipinski definition) is 2. The van der Waals surface area contributed by atoms with Crippen LogP contribution in [0.4, 0.5) is 8.78 Å². The van der Waals surface area contributed by atoms with Crippen molar-refractivity contribution in [2.24, 2.45) is 0 Å². The molecule has 0 radical (unpaired) electrons. The normalized spacial score (nSPS) is 16.6. The van der Waals surface area contributed by atoms with Gasteiger partial charge in [-0.05, 0) is 0 Å². The molecule has 0 atom stereocenters. The zero-order valence-electron chi connectivity index (χ0n) is 6.43. The van der Waals surface area contributed by atoms with Gasteiger partial charge >= 0.3 is 0 Å². The van der Waals surface area contributed by atoms with E-state index in [0.29, 0.717) is 12.4 Å². The topological polar surface area (TPSA) is 29.9 Å². The van der Waals surface area contributed by atoms with Gasteiger partial charge in [0.15, 0.2) is 0 Å². The lowest BCUT2D eigenvalue weighted by molar-refractivity contribution is 0.146. The van der Waals surface area contributed by atoms with E-state index in [1.54, 1.807) is 4.57 Å². The van der Waals surface area contributed by atoms with Gasteiger partial charge in [-0.1, -0.05) is 0 Å². The van der Waals surface area contributed by atoms with Crippen molar-refractivity contribution < 1.29 is 8.78 Å². The van der Waals surface area contributed by atoms with Gasteiger partial charge < -0.3 is 9.88 Å². The Kier molecular flexibility index (Phi) is 1.80. The zero-order valence-corrected chi connectivity index (χ0v) is 6.43. The van der Waals surface area contributed by atoms with Crippen LogP contribution in [-0.2, 0) is 13.1 Å². The van der Waals surface area contributed by atoms with Crippen molar-refractivity contribution in [3.63, 3.8) is 0 Å². The molecule has 3 nitrogen and oxygen atoms in total. The molecule has 0 saturated heterocycles. The molecular formula is C7H9F2N3. The fourth-order valence-corrected chi connectivity index (χ4v) is 1.32. The smallest absolute Gasteiger partial charge is 0.281 e. The summed E-state index contributed by atoms with van der Waals surface area (Å²) < 4.78 is 26.1. The van der Waals surface area contributed by atoms with Crippen LogP contribution in [0.1, 0.15) is 17.9 Å². The number of aromatic nitrogens is 2. The third-order valence-electron chi connectivity index (χ3n) is 1.91. The monoisotopic (exact) mass is 173 g/mol. The summed E-state index contributed by atoms with van der Waals surface area (Å²) in [6.07, 6.45) is -1.02. The van der Waals surface area contributed by atoms with Gasteiger partial charge in [0, 0.05) is 19.3 Å². The summed E-state index contributed by atoms with van der Waals surface area (Å²) >= 11 is 0. The molecule has 1 aliphatic heterocycles. The van der Waals surface area contributed by atoms with Crippen molar-refractivity contribution in [1.29, 1.82) is 0 Å². The maximum absolute atomic E-state index is 12.2. The lowest BCUT2D eigenvalue weighted by Gasteiger charge is -2.13. The van der Waals surface area contributed by atoms with E-state index in [4.69, 9.17) is 0 Å². The standard InChI is InChI=1S/C7H9F2N3/c8-7(9)5-4-12-2-1-10-3-6(12)11-5/h4,7,10H,1-3H2. The summed E-state index contributed by atoms with van der Waals surface area (Å²) in [4.78, 5) is 3.80. The minimum Gasteiger partial charge on any atom is -0.332 e. The van der Waals surface area contributed by atoms with Crippen molar-refractivity contribution >= 4 is 0 Å². The highest BCUT2D eigenvalue weighted by Gasteiger charge is 2.16. The molecule has 0 aliphatic carbocycles. The van der Waals surface area contributed by atoms with E-state index in [9.17, 15) is 8.78 Å². The molecule has 2 heterocycles. The van der Waals surface area contributed by atoms with Crippen LogP contribution in [-0.4, -0.2) is 16.1 Å². The summed E-state index contributed by atoms with van der Waals surface area (Å²) in [5, 5.41) is 3.06. The maximum Gasteiger partial charge on any atom is 0.281 e. The molecule has 66 valence electrons. The first kappa shape index (κ1) is 7.67. The first-order valence-electron chi connectivity index (χ1n) is 3.82. The number of hydrogen-bond donors (Lipinski definition) is 1. The van der Waals surface area contributed by atoms with Gasteiger partial charge in [0.25, 0.3) is 6.43 Å². The molecule has 0 amide bonds. The van der Waals surface area contributed by atoms with Crippen molar-refractivity contribution in [2.45, 2.75) is 19.5 Å². The van der Waals surface area contributed by atoms with Crippen LogP contribution in [0.3, 0.4) is 0 Å². The molecule has 0 spiro atoms. The van der Waals surface area contributed by atoms with Crippen LogP contribution >= 0.6 is 0 Å². The average molecular weight is 173 g/mol. The predicted molar refractivity (Wildman–Crippen MR) is 38.9 cm³/mol. The van der Waals surface area contributed by atoms with Crippen molar-refractivity contribution in [2.75, 3.05) is 6.54 Å². The van der Waals surface area contributed by atoms with E-state index in [1.807, 2.05) is 0 Å². The highest BCUT2D eigenvalue weighted by molar-refractivity contribution is 5.06. The van der Waals surface area contributed by atoms with Crippen LogP contribution in [0.5, 0.6) is 0 Å². The molecule has 1 N–H and O–H groups in total. The van der Waals surface area contributed by atoms with Crippen LogP contribution in [0.15, 0.2) is 6.20 Å². The molecule has 12 heavy (non-hydrogen) atoms. The van der Waals surface area contributed by atoms with Crippen molar-refractivity contribution in [3.05, 3.63) is 17.7 Å². The van der Waals surface area contributed by atoms with Gasteiger partial charge in [0.1, 0.15) is 11.5 Å². The number of halogens is 2. The zero-order chi connectivity index (χ0) is 8.55. The Hall–Kier alpha value is -0.970. The number of nitrogens with zero attached hydrogens (tertiary/aromatic N) is 2. The number of alkyl halides is 2. The van der Waals surface area contributed by atoms with Gasteiger partial charge in [-0.15, -0.1) is 0 Å². The van der Waals surface area contributed by atoms with Crippen molar-refractivity contribution in [3.8, 4) is 0 Å². The van der Waals surface area contributed by atoms with E-state index in [1.165, 1.54) is 6.20 Å². The van der Waals surface area contributed by atoms with Crippen LogP contribution in [0, 0.1) is 0 Å². The Balaban J connectivity index is 2.32. The summed E-state index contributed by atoms with van der Waals surface area (Å²) in [7, 11) is 0. The molecule has 0 unspecified atom stereocenters. The minimum atomic E-state index is -2.46. The fraction of sp³-hybridized carbons (Fsp3) is 0.571. The molecule has 0 fully saturated rings. The third-order valence-corrected chi connectivity index (χ3v) is 1.91. The van der Waals surface area contributed by atoms with Crippen molar-refractivity contribution in [1.82, 2.24) is 14.9 Å². The lowest BCUT2D eigenvalue weighted by atomic mass is 10.4. The molecule has 0 saturated carbocycles. The molecule has 2 rings (SSSR count). The molecule has 5 heteroatoms. The number of nitrogens with one attached hydrogen (secondary N) is 1. The largest absolute Gasteiger partial charge is 0.332 e. The van der Waals surface area contributed by atoms with E-state index < -0.39 is 6.43 Å². The molecule has 1 aromatic heterocycles. The summed E-state index contributed by atoms with van der Waals surface area (Å²) in [5.41, 5.74) is -0.117. The Morgan fingerprint density at radius 3 is 3.08 bits per heavy atom.